The highest BCUT2D eigenvalue weighted by Crippen LogP contribution is 2.18. The molecule has 5 heteroatoms. The molecule has 2 atom stereocenters. The number of carbonyl (C=O) groups excluding carboxylic acids is 1. The van der Waals surface area contributed by atoms with Crippen molar-refractivity contribution in [2.24, 2.45) is 0 Å². The molecule has 0 aliphatic carbocycles. The first kappa shape index (κ1) is 17.0. The van der Waals surface area contributed by atoms with Crippen molar-refractivity contribution in [1.82, 2.24) is 15.6 Å². The molecule has 2 amide bonds. The first-order chi connectivity index (χ1) is 11.2. The molecule has 2 rings (SSSR count). The molecule has 0 saturated heterocycles. The molecule has 0 fully saturated rings. The van der Waals surface area contributed by atoms with Crippen LogP contribution in [0.2, 0.25) is 0 Å². The van der Waals surface area contributed by atoms with E-state index in [4.69, 9.17) is 5.11 Å². The predicted molar refractivity (Wildman–Crippen MR) is 89.8 cm³/mol. The molecule has 0 bridgehead atoms. The third-order valence-corrected chi connectivity index (χ3v) is 3.71. The number of aliphatic hydroxyl groups excluding tert-OH is 1. The Kier molecular flexibility index (Phi) is 6.56. The molecule has 2 aromatic rings. The van der Waals surface area contributed by atoms with Crippen molar-refractivity contribution in [3.63, 3.8) is 0 Å². The summed E-state index contributed by atoms with van der Waals surface area (Å²) in [5.41, 5.74) is 2.04. The normalized spacial score (nSPS) is 13.1. The minimum atomic E-state index is -0.221. The zero-order valence-corrected chi connectivity index (χ0v) is 13.3. The lowest BCUT2D eigenvalue weighted by Crippen LogP contribution is -2.39. The lowest BCUT2D eigenvalue weighted by Gasteiger charge is -2.21. The summed E-state index contributed by atoms with van der Waals surface area (Å²) in [5.74, 6) is 0. The number of pyridine rings is 1. The van der Waals surface area contributed by atoms with Crippen molar-refractivity contribution in [2.75, 3.05) is 6.61 Å². The van der Waals surface area contributed by atoms with Crippen LogP contribution in [0.1, 0.15) is 43.0 Å². The molecule has 2 unspecified atom stereocenters. The number of carbonyl (C=O) groups is 1. The summed E-state index contributed by atoms with van der Waals surface area (Å²) >= 11 is 0. The van der Waals surface area contributed by atoms with Gasteiger partial charge in [0, 0.05) is 19.0 Å². The fourth-order valence-electron chi connectivity index (χ4n) is 2.43. The molecule has 0 aliphatic heterocycles. The molecule has 23 heavy (non-hydrogen) atoms. The molecule has 0 saturated carbocycles. The third-order valence-electron chi connectivity index (χ3n) is 3.71. The predicted octanol–water partition coefficient (Wildman–Crippen LogP) is 2.96. The zero-order valence-electron chi connectivity index (χ0n) is 13.3. The average molecular weight is 313 g/mol. The van der Waals surface area contributed by atoms with E-state index in [0.29, 0.717) is 12.8 Å². The fourth-order valence-corrected chi connectivity index (χ4v) is 2.43. The SMILES string of the molecule is CC(NC(=O)NC(CCCO)c1ccccc1)c1ccncc1. The van der Waals surface area contributed by atoms with Gasteiger partial charge in [0.2, 0.25) is 0 Å². The molecule has 122 valence electrons. The Balaban J connectivity index is 1.97. The van der Waals surface area contributed by atoms with Gasteiger partial charge in [-0.1, -0.05) is 30.3 Å². The second-order valence-electron chi connectivity index (χ2n) is 5.45. The molecule has 3 N–H and O–H groups in total. The third kappa shape index (κ3) is 5.38. The summed E-state index contributed by atoms with van der Waals surface area (Å²) < 4.78 is 0. The number of rotatable bonds is 7. The maximum Gasteiger partial charge on any atom is 0.315 e. The van der Waals surface area contributed by atoms with Crippen LogP contribution in [0.15, 0.2) is 54.9 Å². The zero-order chi connectivity index (χ0) is 16.5. The van der Waals surface area contributed by atoms with E-state index in [9.17, 15) is 4.79 Å². The van der Waals surface area contributed by atoms with Gasteiger partial charge in [-0.2, -0.15) is 0 Å². The van der Waals surface area contributed by atoms with E-state index >= 15 is 0 Å². The van der Waals surface area contributed by atoms with Gasteiger partial charge in [-0.25, -0.2) is 4.79 Å². The van der Waals surface area contributed by atoms with Gasteiger partial charge in [-0.15, -0.1) is 0 Å². The summed E-state index contributed by atoms with van der Waals surface area (Å²) in [7, 11) is 0. The Morgan fingerprint density at radius 3 is 2.43 bits per heavy atom. The summed E-state index contributed by atoms with van der Waals surface area (Å²) in [6.07, 6.45) is 4.75. The Morgan fingerprint density at radius 2 is 1.78 bits per heavy atom. The van der Waals surface area contributed by atoms with Crippen molar-refractivity contribution in [3.8, 4) is 0 Å². The van der Waals surface area contributed by atoms with Crippen LogP contribution < -0.4 is 10.6 Å². The first-order valence-electron chi connectivity index (χ1n) is 7.83. The first-order valence-corrected chi connectivity index (χ1v) is 7.83. The highest BCUT2D eigenvalue weighted by molar-refractivity contribution is 5.75. The Hall–Kier alpha value is -2.40. The van der Waals surface area contributed by atoms with Gasteiger partial charge in [0.05, 0.1) is 12.1 Å². The minimum absolute atomic E-state index is 0.104. The fraction of sp³-hybridized carbons (Fsp3) is 0.333. The molecule has 0 aliphatic rings. The highest BCUT2D eigenvalue weighted by atomic mass is 16.3. The van der Waals surface area contributed by atoms with Crippen LogP contribution in [0.4, 0.5) is 4.79 Å². The van der Waals surface area contributed by atoms with Crippen molar-refractivity contribution >= 4 is 6.03 Å². The van der Waals surface area contributed by atoms with E-state index in [1.165, 1.54) is 0 Å². The van der Waals surface area contributed by atoms with Crippen LogP contribution in [0.25, 0.3) is 0 Å². The van der Waals surface area contributed by atoms with Gasteiger partial charge >= 0.3 is 6.03 Å². The highest BCUT2D eigenvalue weighted by Gasteiger charge is 2.16. The Labute approximate surface area is 136 Å². The van der Waals surface area contributed by atoms with Crippen LogP contribution in [-0.4, -0.2) is 22.7 Å². The molecule has 0 spiro atoms. The van der Waals surface area contributed by atoms with Gasteiger partial charge in [-0.05, 0) is 43.0 Å². The largest absolute Gasteiger partial charge is 0.396 e. The van der Waals surface area contributed by atoms with E-state index in [2.05, 4.69) is 15.6 Å². The van der Waals surface area contributed by atoms with E-state index < -0.39 is 0 Å². The van der Waals surface area contributed by atoms with E-state index in [0.717, 1.165) is 11.1 Å². The van der Waals surface area contributed by atoms with E-state index in [1.54, 1.807) is 12.4 Å². The van der Waals surface area contributed by atoms with Crippen LogP contribution in [-0.2, 0) is 0 Å². The summed E-state index contributed by atoms with van der Waals surface area (Å²) in [6.45, 7) is 2.04. The number of aliphatic hydroxyl groups is 1. The molecule has 1 aromatic carbocycles. The maximum atomic E-state index is 12.3. The second-order valence-corrected chi connectivity index (χ2v) is 5.45. The molecular formula is C18H23N3O2. The number of amides is 2. The Bertz CT molecular complexity index is 590. The van der Waals surface area contributed by atoms with Gasteiger partial charge < -0.3 is 15.7 Å². The van der Waals surface area contributed by atoms with Crippen LogP contribution >= 0.6 is 0 Å². The number of aromatic nitrogens is 1. The van der Waals surface area contributed by atoms with E-state index in [1.807, 2.05) is 49.4 Å². The standard InChI is InChI=1S/C18H23N3O2/c1-14(15-9-11-19-12-10-15)20-18(23)21-17(8-5-13-22)16-6-3-2-4-7-16/h2-4,6-7,9-12,14,17,22H,5,8,13H2,1H3,(H2,20,21,23). The average Bonchev–Trinajstić information content (AvgIpc) is 2.60. The summed E-state index contributed by atoms with van der Waals surface area (Å²) in [4.78, 5) is 16.3. The number of urea groups is 1. The van der Waals surface area contributed by atoms with Crippen molar-refractivity contribution < 1.29 is 9.90 Å². The topological polar surface area (TPSA) is 74.2 Å². The molecule has 0 radical (unpaired) electrons. The van der Waals surface area contributed by atoms with Crippen LogP contribution in [0.5, 0.6) is 0 Å². The van der Waals surface area contributed by atoms with Crippen molar-refractivity contribution in [1.29, 1.82) is 0 Å². The van der Waals surface area contributed by atoms with Crippen LogP contribution in [0, 0.1) is 0 Å². The number of hydrogen-bond acceptors (Lipinski definition) is 3. The summed E-state index contributed by atoms with van der Waals surface area (Å²) in [6, 6.07) is 13.1. The number of nitrogens with one attached hydrogen (secondary N) is 2. The molecule has 5 nitrogen and oxygen atoms in total. The van der Waals surface area contributed by atoms with Crippen molar-refractivity contribution in [3.05, 3.63) is 66.0 Å². The van der Waals surface area contributed by atoms with Crippen LogP contribution in [0.3, 0.4) is 0 Å². The van der Waals surface area contributed by atoms with Gasteiger partial charge in [0.1, 0.15) is 0 Å². The molecular weight excluding hydrogens is 290 g/mol. The lowest BCUT2D eigenvalue weighted by atomic mass is 10.0. The maximum absolute atomic E-state index is 12.3. The summed E-state index contributed by atoms with van der Waals surface area (Å²) in [5, 5.41) is 15.0. The Morgan fingerprint density at radius 1 is 1.09 bits per heavy atom. The number of benzene rings is 1. The van der Waals surface area contributed by atoms with Crippen molar-refractivity contribution in [2.45, 2.75) is 31.8 Å². The number of hydrogen-bond donors (Lipinski definition) is 3. The second kappa shape index (κ2) is 8.90. The molecule has 1 heterocycles. The lowest BCUT2D eigenvalue weighted by molar-refractivity contribution is 0.230. The van der Waals surface area contributed by atoms with Gasteiger partial charge in [0.25, 0.3) is 0 Å². The quantitative estimate of drug-likeness (QED) is 0.735. The van der Waals surface area contributed by atoms with E-state index in [-0.39, 0.29) is 24.7 Å². The molecule has 1 aromatic heterocycles. The smallest absolute Gasteiger partial charge is 0.315 e. The monoisotopic (exact) mass is 313 g/mol. The number of nitrogens with zero attached hydrogens (tertiary/aromatic N) is 1. The minimum Gasteiger partial charge on any atom is -0.396 e. The van der Waals surface area contributed by atoms with Gasteiger partial charge in [-0.3, -0.25) is 4.98 Å². The van der Waals surface area contributed by atoms with Gasteiger partial charge in [0.15, 0.2) is 0 Å².